The predicted octanol–water partition coefficient (Wildman–Crippen LogP) is 2.39. The van der Waals surface area contributed by atoms with Gasteiger partial charge in [0.05, 0.1) is 6.04 Å². The Balaban J connectivity index is 2.20. The van der Waals surface area contributed by atoms with Crippen LogP contribution in [0, 0.1) is 0 Å². The number of hydrogen-bond acceptors (Lipinski definition) is 3. The van der Waals surface area contributed by atoms with Crippen molar-refractivity contribution in [2.75, 3.05) is 0 Å². The molecule has 1 unspecified atom stereocenters. The lowest BCUT2D eigenvalue weighted by Crippen LogP contribution is -2.49. The fourth-order valence-electron chi connectivity index (χ4n) is 3.28. The molecule has 20 heavy (non-hydrogen) atoms. The molecule has 2 aliphatic rings. The maximum atomic E-state index is 12.7. The van der Waals surface area contributed by atoms with Gasteiger partial charge < -0.3 is 5.32 Å². The van der Waals surface area contributed by atoms with Crippen LogP contribution in [0.1, 0.15) is 65.2 Å². The first-order valence-corrected chi connectivity index (χ1v) is 7.70. The van der Waals surface area contributed by atoms with E-state index in [0.717, 1.165) is 30.6 Å². The number of Topliss-reactive ketones (excluding diaryl/α,β-unsaturated/α-hetero) is 1. The van der Waals surface area contributed by atoms with Gasteiger partial charge in [0.1, 0.15) is 5.54 Å². The van der Waals surface area contributed by atoms with Crippen LogP contribution in [0.4, 0.5) is 4.79 Å². The molecule has 2 fully saturated rings. The van der Waals surface area contributed by atoms with Crippen molar-refractivity contribution in [3.8, 4) is 0 Å². The summed E-state index contributed by atoms with van der Waals surface area (Å²) in [6, 6.07) is -1.05. The molecular weight excluding hydrogens is 256 g/mol. The lowest BCUT2D eigenvalue weighted by atomic mass is 9.83. The normalized spacial score (nSPS) is 24.2. The van der Waals surface area contributed by atoms with Crippen molar-refractivity contribution < 1.29 is 14.4 Å². The molecule has 1 saturated heterocycles. The highest BCUT2D eigenvalue weighted by Gasteiger charge is 2.52. The molecule has 0 aromatic carbocycles. The summed E-state index contributed by atoms with van der Waals surface area (Å²) in [5, 5.41) is 2.88. The number of hydrogen-bond donors (Lipinski definition) is 1. The van der Waals surface area contributed by atoms with Crippen LogP contribution in [0.5, 0.6) is 0 Å². The van der Waals surface area contributed by atoms with Gasteiger partial charge in [-0.1, -0.05) is 39.0 Å². The van der Waals surface area contributed by atoms with Gasteiger partial charge in [0.2, 0.25) is 0 Å². The van der Waals surface area contributed by atoms with Crippen molar-refractivity contribution in [3.05, 3.63) is 0 Å². The zero-order chi connectivity index (χ0) is 14.8. The molecule has 112 valence electrons. The Morgan fingerprint density at radius 2 is 1.75 bits per heavy atom. The first-order valence-electron chi connectivity index (χ1n) is 7.70. The third-order valence-corrected chi connectivity index (χ3v) is 4.60. The van der Waals surface area contributed by atoms with Crippen molar-refractivity contribution >= 4 is 17.7 Å². The number of rotatable bonds is 3. The largest absolute Gasteiger partial charge is 0.325 e. The first kappa shape index (κ1) is 15.0. The highest BCUT2D eigenvalue weighted by atomic mass is 16.2. The molecule has 5 heteroatoms. The maximum Gasteiger partial charge on any atom is 0.325 e. The lowest BCUT2D eigenvalue weighted by molar-refractivity contribution is -0.137. The quantitative estimate of drug-likeness (QED) is 0.807. The number of nitrogens with one attached hydrogen (secondary N) is 1. The van der Waals surface area contributed by atoms with Gasteiger partial charge in [0, 0.05) is 6.42 Å². The number of urea groups is 1. The molecule has 1 heterocycles. The highest BCUT2D eigenvalue weighted by molar-refractivity contribution is 6.09. The number of ketones is 1. The summed E-state index contributed by atoms with van der Waals surface area (Å²) >= 11 is 0. The SMILES string of the molecule is CCC(=O)C(C)N1C(=O)NC2(CCCCCCC2)C1=O. The fraction of sp³-hybridized carbons (Fsp3) is 0.800. The first-order chi connectivity index (χ1) is 9.52. The Morgan fingerprint density at radius 1 is 1.20 bits per heavy atom. The molecule has 1 N–H and O–H groups in total. The zero-order valence-corrected chi connectivity index (χ0v) is 12.4. The van der Waals surface area contributed by atoms with E-state index >= 15 is 0 Å². The smallest absolute Gasteiger partial charge is 0.323 e. The van der Waals surface area contributed by atoms with E-state index in [9.17, 15) is 14.4 Å². The van der Waals surface area contributed by atoms with E-state index < -0.39 is 17.6 Å². The summed E-state index contributed by atoms with van der Waals surface area (Å²) < 4.78 is 0. The van der Waals surface area contributed by atoms with E-state index in [2.05, 4.69) is 5.32 Å². The minimum absolute atomic E-state index is 0.0728. The summed E-state index contributed by atoms with van der Waals surface area (Å²) in [7, 11) is 0. The average Bonchev–Trinajstić information content (AvgIpc) is 2.65. The van der Waals surface area contributed by atoms with Gasteiger partial charge in [0.15, 0.2) is 5.78 Å². The molecule has 5 nitrogen and oxygen atoms in total. The Hall–Kier alpha value is -1.39. The minimum atomic E-state index is -0.750. The number of carbonyl (C=O) groups is 3. The van der Waals surface area contributed by atoms with E-state index in [4.69, 9.17) is 0 Å². The van der Waals surface area contributed by atoms with Gasteiger partial charge in [-0.05, 0) is 19.8 Å². The van der Waals surface area contributed by atoms with Gasteiger partial charge in [-0.25, -0.2) is 4.79 Å². The topological polar surface area (TPSA) is 66.5 Å². The maximum absolute atomic E-state index is 12.7. The van der Waals surface area contributed by atoms with Crippen LogP contribution < -0.4 is 5.32 Å². The average molecular weight is 280 g/mol. The van der Waals surface area contributed by atoms with Crippen LogP contribution in [0.3, 0.4) is 0 Å². The molecule has 0 aromatic rings. The summed E-state index contributed by atoms with van der Waals surface area (Å²) in [4.78, 5) is 37.8. The van der Waals surface area contributed by atoms with E-state index in [0.29, 0.717) is 19.3 Å². The third-order valence-electron chi connectivity index (χ3n) is 4.60. The minimum Gasteiger partial charge on any atom is -0.323 e. The molecule has 1 aliphatic heterocycles. The summed E-state index contributed by atoms with van der Waals surface area (Å²) in [6.45, 7) is 3.40. The molecule has 0 radical (unpaired) electrons. The van der Waals surface area contributed by atoms with E-state index in [1.165, 1.54) is 6.42 Å². The monoisotopic (exact) mass is 280 g/mol. The second-order valence-electron chi connectivity index (χ2n) is 5.95. The number of imide groups is 1. The van der Waals surface area contributed by atoms with E-state index in [1.807, 2.05) is 0 Å². The second kappa shape index (κ2) is 5.94. The van der Waals surface area contributed by atoms with Gasteiger partial charge >= 0.3 is 6.03 Å². The van der Waals surface area contributed by atoms with Gasteiger partial charge in [-0.3, -0.25) is 14.5 Å². The molecule has 1 spiro atoms. The Bertz CT molecular complexity index is 411. The molecule has 1 aliphatic carbocycles. The van der Waals surface area contributed by atoms with E-state index in [-0.39, 0.29) is 11.7 Å². The van der Waals surface area contributed by atoms with Crippen molar-refractivity contribution in [1.29, 1.82) is 0 Å². The van der Waals surface area contributed by atoms with Crippen molar-refractivity contribution in [2.24, 2.45) is 0 Å². The zero-order valence-electron chi connectivity index (χ0n) is 12.4. The second-order valence-corrected chi connectivity index (χ2v) is 5.95. The van der Waals surface area contributed by atoms with Crippen molar-refractivity contribution in [1.82, 2.24) is 10.2 Å². The van der Waals surface area contributed by atoms with Crippen LogP contribution in [0.15, 0.2) is 0 Å². The predicted molar refractivity (Wildman–Crippen MR) is 75.2 cm³/mol. The summed E-state index contributed by atoms with van der Waals surface area (Å²) in [5.41, 5.74) is -0.750. The molecule has 0 bridgehead atoms. The molecule has 3 amide bonds. The lowest BCUT2D eigenvalue weighted by Gasteiger charge is -2.29. The van der Waals surface area contributed by atoms with Gasteiger partial charge in [-0.2, -0.15) is 0 Å². The van der Waals surface area contributed by atoms with Crippen LogP contribution in [0.25, 0.3) is 0 Å². The van der Waals surface area contributed by atoms with Crippen LogP contribution >= 0.6 is 0 Å². The summed E-state index contributed by atoms with van der Waals surface area (Å²) in [6.07, 6.45) is 7.05. The van der Waals surface area contributed by atoms with Crippen LogP contribution in [-0.2, 0) is 9.59 Å². The number of amides is 3. The fourth-order valence-corrected chi connectivity index (χ4v) is 3.28. The van der Waals surface area contributed by atoms with Gasteiger partial charge in [-0.15, -0.1) is 0 Å². The van der Waals surface area contributed by atoms with Crippen molar-refractivity contribution in [2.45, 2.75) is 76.8 Å². The molecule has 1 atom stereocenters. The Kier molecular flexibility index (Phi) is 4.45. The van der Waals surface area contributed by atoms with Crippen LogP contribution in [-0.4, -0.2) is 34.2 Å². The molecule has 2 rings (SSSR count). The Labute approximate surface area is 120 Å². The van der Waals surface area contributed by atoms with Gasteiger partial charge in [0.25, 0.3) is 5.91 Å². The summed E-state index contributed by atoms with van der Waals surface area (Å²) in [5.74, 6) is -0.268. The molecule has 1 saturated carbocycles. The standard InChI is InChI=1S/C15H24N2O3/c1-3-12(18)11(2)17-13(19)15(16-14(17)20)9-7-5-4-6-8-10-15/h11H,3-10H2,1-2H3,(H,16,20). The van der Waals surface area contributed by atoms with E-state index in [1.54, 1.807) is 13.8 Å². The number of carbonyl (C=O) groups excluding carboxylic acids is 3. The highest BCUT2D eigenvalue weighted by Crippen LogP contribution is 2.33. The van der Waals surface area contributed by atoms with Crippen LogP contribution in [0.2, 0.25) is 0 Å². The Morgan fingerprint density at radius 3 is 2.30 bits per heavy atom. The van der Waals surface area contributed by atoms with Crippen molar-refractivity contribution in [3.63, 3.8) is 0 Å². The molecule has 0 aromatic heterocycles. The molecular formula is C15H24N2O3. The third kappa shape index (κ3) is 2.58. The number of nitrogens with zero attached hydrogens (tertiary/aromatic N) is 1.